The molecule has 0 bridgehead atoms. The normalized spacial score (nSPS) is 13.8. The predicted molar refractivity (Wildman–Crippen MR) is 96.8 cm³/mol. The summed E-state index contributed by atoms with van der Waals surface area (Å²) in [6.45, 7) is 3.63. The van der Waals surface area contributed by atoms with Gasteiger partial charge in [0.15, 0.2) is 5.78 Å². The van der Waals surface area contributed by atoms with Gasteiger partial charge in [-0.25, -0.2) is 8.42 Å². The van der Waals surface area contributed by atoms with Crippen LogP contribution in [0.1, 0.15) is 40.9 Å². The largest absolute Gasteiger partial charge is 0.295 e. The first kappa shape index (κ1) is 16.5. The number of benzene rings is 2. The Bertz CT molecular complexity index is 972. The number of hydrogen-bond acceptors (Lipinski definition) is 3. The molecule has 0 unspecified atom stereocenters. The quantitative estimate of drug-likeness (QED) is 0.864. The summed E-state index contributed by atoms with van der Waals surface area (Å²) in [6.07, 6.45) is 1.97. The van der Waals surface area contributed by atoms with Crippen LogP contribution in [0.4, 0.5) is 5.69 Å². The van der Waals surface area contributed by atoms with Gasteiger partial charge in [-0.1, -0.05) is 29.8 Å². The second-order valence-corrected chi connectivity index (χ2v) is 7.96. The fraction of sp³-hybridized carbons (Fsp3) is 0.211. The molecule has 3 rings (SSSR count). The third kappa shape index (κ3) is 3.26. The zero-order chi connectivity index (χ0) is 17.5. The van der Waals surface area contributed by atoms with E-state index in [2.05, 4.69) is 11.6 Å². The molecule has 0 radical (unpaired) electrons. The summed E-state index contributed by atoms with van der Waals surface area (Å²) in [5.74, 6) is 0.0363. The van der Waals surface area contributed by atoms with E-state index in [1.807, 2.05) is 36.4 Å². The smallest absolute Gasteiger partial charge is 0.229 e. The van der Waals surface area contributed by atoms with Crippen LogP contribution < -0.4 is 4.72 Å². The molecule has 0 aromatic heterocycles. The van der Waals surface area contributed by atoms with Crippen molar-refractivity contribution in [2.75, 3.05) is 11.0 Å². The van der Waals surface area contributed by atoms with Crippen LogP contribution in [-0.4, -0.2) is 20.5 Å². The Morgan fingerprint density at radius 3 is 2.54 bits per heavy atom. The number of anilines is 1. The Labute approximate surface area is 142 Å². The maximum Gasteiger partial charge on any atom is 0.229 e. The molecule has 0 saturated heterocycles. The molecule has 5 heteroatoms. The van der Waals surface area contributed by atoms with E-state index in [1.165, 1.54) is 11.1 Å². The van der Waals surface area contributed by atoms with Crippen molar-refractivity contribution in [3.8, 4) is 0 Å². The summed E-state index contributed by atoms with van der Waals surface area (Å²) in [6, 6.07) is 13.1. The minimum atomic E-state index is -3.32. The molecule has 0 saturated carbocycles. The zero-order valence-corrected chi connectivity index (χ0v) is 14.7. The van der Waals surface area contributed by atoms with E-state index >= 15 is 0 Å². The van der Waals surface area contributed by atoms with Crippen LogP contribution in [0.2, 0.25) is 0 Å². The van der Waals surface area contributed by atoms with E-state index < -0.39 is 10.0 Å². The monoisotopic (exact) mass is 341 g/mol. The summed E-state index contributed by atoms with van der Waals surface area (Å²) in [7, 11) is -3.32. The molecule has 124 valence electrons. The van der Waals surface area contributed by atoms with Crippen molar-refractivity contribution in [2.24, 2.45) is 0 Å². The number of carbonyl (C=O) groups excluding carboxylic acids is 1. The van der Waals surface area contributed by atoms with E-state index in [-0.39, 0.29) is 5.78 Å². The lowest BCUT2D eigenvalue weighted by atomic mass is 9.95. The van der Waals surface area contributed by atoms with E-state index in [9.17, 15) is 13.2 Å². The van der Waals surface area contributed by atoms with Gasteiger partial charge in [-0.15, -0.1) is 0 Å². The summed E-state index contributed by atoms with van der Waals surface area (Å²) < 4.78 is 25.4. The topological polar surface area (TPSA) is 63.2 Å². The summed E-state index contributed by atoms with van der Waals surface area (Å²) in [4.78, 5) is 11.7. The molecule has 4 nitrogen and oxygen atoms in total. The number of nitrogens with one attached hydrogen (secondary N) is 1. The first-order valence-corrected chi connectivity index (χ1v) is 9.56. The Kier molecular flexibility index (Phi) is 4.05. The van der Waals surface area contributed by atoms with Crippen LogP contribution in [0.3, 0.4) is 0 Å². The lowest BCUT2D eigenvalue weighted by Gasteiger charge is -2.11. The zero-order valence-electron chi connectivity index (χ0n) is 13.9. The lowest BCUT2D eigenvalue weighted by molar-refractivity contribution is 0.101. The average Bonchev–Trinajstić information content (AvgIpc) is 2.80. The Morgan fingerprint density at radius 2 is 1.88 bits per heavy atom. The van der Waals surface area contributed by atoms with Crippen LogP contribution in [-0.2, 0) is 16.4 Å². The second-order valence-electron chi connectivity index (χ2n) is 6.22. The van der Waals surface area contributed by atoms with E-state index in [0.29, 0.717) is 11.3 Å². The molecule has 24 heavy (non-hydrogen) atoms. The van der Waals surface area contributed by atoms with Gasteiger partial charge >= 0.3 is 0 Å². The van der Waals surface area contributed by atoms with Gasteiger partial charge < -0.3 is 0 Å². The van der Waals surface area contributed by atoms with E-state index in [0.717, 1.165) is 29.4 Å². The van der Waals surface area contributed by atoms with Crippen molar-refractivity contribution >= 4 is 27.1 Å². The average molecular weight is 341 g/mol. The molecule has 1 aliphatic carbocycles. The Morgan fingerprint density at radius 1 is 1.12 bits per heavy atom. The molecule has 1 N–H and O–H groups in total. The van der Waals surface area contributed by atoms with Crippen molar-refractivity contribution in [1.29, 1.82) is 0 Å². The van der Waals surface area contributed by atoms with Crippen molar-refractivity contribution in [2.45, 2.75) is 20.3 Å². The van der Waals surface area contributed by atoms with Gasteiger partial charge in [-0.2, -0.15) is 0 Å². The Hall–Kier alpha value is -2.40. The van der Waals surface area contributed by atoms with Gasteiger partial charge in [-0.05, 0) is 60.7 Å². The van der Waals surface area contributed by atoms with Crippen LogP contribution in [0.25, 0.3) is 5.57 Å². The molecule has 2 aromatic carbocycles. The van der Waals surface area contributed by atoms with Crippen molar-refractivity contribution in [3.63, 3.8) is 0 Å². The molecule has 0 fully saturated rings. The fourth-order valence-corrected chi connectivity index (χ4v) is 3.70. The maximum atomic E-state index is 11.7. The van der Waals surface area contributed by atoms with Gasteiger partial charge in [-0.3, -0.25) is 9.52 Å². The molecule has 0 aliphatic heterocycles. The van der Waals surface area contributed by atoms with Crippen LogP contribution >= 0.6 is 0 Å². The number of sulfonamides is 1. The highest BCUT2D eigenvalue weighted by Gasteiger charge is 2.21. The second kappa shape index (κ2) is 5.91. The maximum absolute atomic E-state index is 11.7. The molecular formula is C19H19NO3S. The van der Waals surface area contributed by atoms with E-state index in [1.54, 1.807) is 13.0 Å². The minimum Gasteiger partial charge on any atom is -0.295 e. The molecule has 0 heterocycles. The van der Waals surface area contributed by atoms with Gasteiger partial charge in [0, 0.05) is 11.3 Å². The number of carbonyl (C=O) groups is 1. The molecule has 2 aromatic rings. The third-order valence-corrected chi connectivity index (χ3v) is 4.73. The molecule has 1 aliphatic rings. The Balaban J connectivity index is 2.08. The summed E-state index contributed by atoms with van der Waals surface area (Å²) in [5, 5.41) is 0. The number of ketones is 1. The molecule has 0 atom stereocenters. The number of fused-ring (bicyclic) bond motifs is 1. The predicted octanol–water partition coefficient (Wildman–Crippen LogP) is 3.64. The minimum absolute atomic E-state index is 0.0363. The van der Waals surface area contributed by atoms with Gasteiger partial charge in [0.1, 0.15) is 0 Å². The highest BCUT2D eigenvalue weighted by atomic mass is 32.2. The van der Waals surface area contributed by atoms with Crippen LogP contribution in [0, 0.1) is 0 Å². The first-order chi connectivity index (χ1) is 11.2. The van der Waals surface area contributed by atoms with Crippen LogP contribution in [0.15, 0.2) is 48.0 Å². The van der Waals surface area contributed by atoms with Crippen LogP contribution in [0.5, 0.6) is 0 Å². The lowest BCUT2D eigenvalue weighted by Crippen LogP contribution is -2.09. The number of allylic oxidation sites excluding steroid dienone is 1. The van der Waals surface area contributed by atoms with Gasteiger partial charge in [0.25, 0.3) is 0 Å². The highest BCUT2D eigenvalue weighted by molar-refractivity contribution is 7.92. The van der Waals surface area contributed by atoms with Crippen molar-refractivity contribution in [3.05, 3.63) is 70.3 Å². The summed E-state index contributed by atoms with van der Waals surface area (Å²) >= 11 is 0. The number of hydrogen-bond donors (Lipinski definition) is 1. The summed E-state index contributed by atoms with van der Waals surface area (Å²) in [5.41, 5.74) is 6.69. The first-order valence-electron chi connectivity index (χ1n) is 7.67. The van der Waals surface area contributed by atoms with Gasteiger partial charge in [0.2, 0.25) is 10.0 Å². The number of rotatable bonds is 4. The molecule has 0 amide bonds. The third-order valence-electron chi connectivity index (χ3n) is 4.12. The number of Topliss-reactive ketones (excluding diaryl/α,β-unsaturated/α-hetero) is 1. The standard InChI is InChI=1S/C19H19NO3S/c1-12-9-15-8-7-14(13(2)21)11-18(15)19(12)16-5-4-6-17(10-16)20-24(3,22)23/h4-8,10-11,20H,9H2,1-3H3. The van der Waals surface area contributed by atoms with Crippen molar-refractivity contribution < 1.29 is 13.2 Å². The SMILES string of the molecule is CC(=O)c1ccc2c(c1)C(c1cccc(NS(C)(=O)=O)c1)=C(C)C2. The van der Waals surface area contributed by atoms with Crippen molar-refractivity contribution in [1.82, 2.24) is 0 Å². The molecular weight excluding hydrogens is 322 g/mol. The highest BCUT2D eigenvalue weighted by Crippen LogP contribution is 2.38. The van der Waals surface area contributed by atoms with Gasteiger partial charge in [0.05, 0.1) is 6.26 Å². The van der Waals surface area contributed by atoms with E-state index in [4.69, 9.17) is 0 Å². The fourth-order valence-electron chi connectivity index (χ4n) is 3.14. The molecule has 0 spiro atoms.